The molecule has 0 spiro atoms. The molecule has 0 saturated heterocycles. The minimum absolute atomic E-state index is 0.169. The second-order valence-electron chi connectivity index (χ2n) is 6.75. The van der Waals surface area contributed by atoms with E-state index in [9.17, 15) is 9.59 Å². The summed E-state index contributed by atoms with van der Waals surface area (Å²) in [6.07, 6.45) is 4.77. The van der Waals surface area contributed by atoms with Crippen molar-refractivity contribution >= 4 is 28.9 Å². The Balaban J connectivity index is 1.72. The van der Waals surface area contributed by atoms with Crippen LogP contribution in [-0.4, -0.2) is 40.9 Å². The first-order valence-corrected chi connectivity index (χ1v) is 8.86. The zero-order valence-electron chi connectivity index (χ0n) is 15.8. The molecule has 0 aliphatic heterocycles. The number of pyridine rings is 2. The van der Waals surface area contributed by atoms with Crippen LogP contribution >= 0.6 is 0 Å². The summed E-state index contributed by atoms with van der Waals surface area (Å²) in [5, 5.41) is 3.70. The Morgan fingerprint density at radius 3 is 2.79 bits per heavy atom. The Kier molecular flexibility index (Phi) is 4.46. The van der Waals surface area contributed by atoms with Gasteiger partial charge < -0.3 is 24.2 Å². The number of carbonyl (C=O) groups is 2. The number of hydrogen-bond acceptors (Lipinski definition) is 6. The van der Waals surface area contributed by atoms with Gasteiger partial charge in [0.15, 0.2) is 0 Å². The fourth-order valence-electron chi connectivity index (χ4n) is 3.41. The monoisotopic (exact) mass is 380 g/mol. The molecule has 28 heavy (non-hydrogen) atoms. The maximum absolute atomic E-state index is 12.2. The number of aromatic nitrogens is 3. The summed E-state index contributed by atoms with van der Waals surface area (Å²) in [6, 6.07) is 5.56. The van der Waals surface area contributed by atoms with E-state index in [4.69, 9.17) is 9.47 Å². The van der Waals surface area contributed by atoms with Gasteiger partial charge in [-0.1, -0.05) is 0 Å². The fraction of sp³-hybridized carbons (Fsp3) is 0.300. The van der Waals surface area contributed by atoms with E-state index in [1.54, 1.807) is 32.7 Å². The lowest BCUT2D eigenvalue weighted by molar-refractivity contribution is -0.119. The third kappa shape index (κ3) is 2.96. The van der Waals surface area contributed by atoms with Crippen molar-refractivity contribution in [2.75, 3.05) is 19.5 Å². The summed E-state index contributed by atoms with van der Waals surface area (Å²) in [5.41, 5.74) is 2.48. The van der Waals surface area contributed by atoms with Gasteiger partial charge in [0.05, 0.1) is 31.6 Å². The number of rotatable bonds is 6. The molecule has 1 fully saturated rings. The van der Waals surface area contributed by atoms with E-state index < -0.39 is 0 Å². The number of nitrogens with zero attached hydrogens (tertiary/aromatic N) is 3. The summed E-state index contributed by atoms with van der Waals surface area (Å²) in [5.74, 6) is 0.975. The van der Waals surface area contributed by atoms with Crippen LogP contribution in [0.2, 0.25) is 0 Å². The lowest BCUT2D eigenvalue weighted by atomic mass is 10.1. The third-order valence-electron chi connectivity index (χ3n) is 5.08. The number of carbonyl (C=O) groups excluding carboxylic acids is 2. The standard InChI is InChI=1S/C20H20N4O4/c1-24-14(18-16(27-2)4-5-21-20(18)28-3)7-11-8-17(22-9-15(11)24)23-19(26)13-6-12(13)10-25/h4-5,7-10,12-13H,6H2,1-3H3,(H,22,23,26). The molecule has 1 saturated carbocycles. The molecule has 3 aromatic rings. The average molecular weight is 380 g/mol. The molecule has 3 aromatic heterocycles. The molecular weight excluding hydrogens is 360 g/mol. The smallest absolute Gasteiger partial charge is 0.229 e. The van der Waals surface area contributed by atoms with Crippen molar-refractivity contribution in [3.63, 3.8) is 0 Å². The van der Waals surface area contributed by atoms with E-state index in [1.807, 2.05) is 23.7 Å². The zero-order valence-corrected chi connectivity index (χ0v) is 15.8. The van der Waals surface area contributed by atoms with E-state index in [0.717, 1.165) is 28.4 Å². The third-order valence-corrected chi connectivity index (χ3v) is 5.08. The molecule has 0 radical (unpaired) electrons. The maximum Gasteiger partial charge on any atom is 0.229 e. The van der Waals surface area contributed by atoms with Gasteiger partial charge in [-0.2, -0.15) is 0 Å². The Labute approximate surface area is 161 Å². The van der Waals surface area contributed by atoms with Crippen LogP contribution in [0.5, 0.6) is 11.6 Å². The van der Waals surface area contributed by atoms with Gasteiger partial charge in [0, 0.05) is 30.5 Å². The molecule has 144 valence electrons. The second kappa shape index (κ2) is 6.95. The molecule has 1 N–H and O–H groups in total. The molecule has 2 unspecified atom stereocenters. The van der Waals surface area contributed by atoms with Crippen LogP contribution in [0.3, 0.4) is 0 Å². The lowest BCUT2D eigenvalue weighted by Crippen LogP contribution is -2.15. The maximum atomic E-state index is 12.2. The van der Waals surface area contributed by atoms with E-state index in [1.165, 1.54) is 0 Å². The van der Waals surface area contributed by atoms with Crippen molar-refractivity contribution in [1.82, 2.24) is 14.5 Å². The van der Waals surface area contributed by atoms with Crippen molar-refractivity contribution in [3.05, 3.63) is 30.6 Å². The highest BCUT2D eigenvalue weighted by atomic mass is 16.5. The zero-order chi connectivity index (χ0) is 19.8. The molecule has 1 aliphatic rings. The topological polar surface area (TPSA) is 95.3 Å². The van der Waals surface area contributed by atoms with E-state index in [0.29, 0.717) is 23.9 Å². The molecule has 4 rings (SSSR count). The molecule has 1 amide bonds. The number of nitrogens with one attached hydrogen (secondary N) is 1. The van der Waals surface area contributed by atoms with Crippen molar-refractivity contribution in [2.24, 2.45) is 18.9 Å². The normalized spacial score (nSPS) is 18.0. The molecule has 1 aliphatic carbocycles. The largest absolute Gasteiger partial charge is 0.496 e. The number of aldehydes is 1. The van der Waals surface area contributed by atoms with Crippen LogP contribution in [0.25, 0.3) is 22.2 Å². The van der Waals surface area contributed by atoms with E-state index in [2.05, 4.69) is 15.3 Å². The summed E-state index contributed by atoms with van der Waals surface area (Å²) in [4.78, 5) is 31.6. The van der Waals surface area contributed by atoms with Gasteiger partial charge in [0.25, 0.3) is 0 Å². The predicted molar refractivity (Wildman–Crippen MR) is 103 cm³/mol. The molecular formula is C20H20N4O4. The van der Waals surface area contributed by atoms with E-state index in [-0.39, 0.29) is 17.7 Å². The molecule has 3 heterocycles. The SMILES string of the molecule is COc1ccnc(OC)c1-c1cc2cc(NC(=O)C3CC3C=O)ncc2n1C. The fourth-order valence-corrected chi connectivity index (χ4v) is 3.41. The minimum Gasteiger partial charge on any atom is -0.496 e. The Morgan fingerprint density at radius 1 is 1.29 bits per heavy atom. The highest BCUT2D eigenvalue weighted by Crippen LogP contribution is 2.40. The highest BCUT2D eigenvalue weighted by molar-refractivity contribution is 5.98. The number of aryl methyl sites for hydroxylation is 1. The molecule has 8 nitrogen and oxygen atoms in total. The van der Waals surface area contributed by atoms with Crippen LogP contribution in [0.4, 0.5) is 5.82 Å². The van der Waals surface area contributed by atoms with Gasteiger partial charge >= 0.3 is 0 Å². The van der Waals surface area contributed by atoms with Crippen molar-refractivity contribution in [1.29, 1.82) is 0 Å². The quantitative estimate of drug-likeness (QED) is 0.660. The van der Waals surface area contributed by atoms with Gasteiger partial charge in [-0.25, -0.2) is 9.97 Å². The number of amides is 1. The average Bonchev–Trinajstić information content (AvgIpc) is 3.45. The number of hydrogen-bond donors (Lipinski definition) is 1. The Hall–Kier alpha value is -3.42. The number of methoxy groups -OCH3 is 2. The van der Waals surface area contributed by atoms with Gasteiger partial charge in [0.2, 0.25) is 11.8 Å². The van der Waals surface area contributed by atoms with Crippen LogP contribution in [0, 0.1) is 11.8 Å². The van der Waals surface area contributed by atoms with Gasteiger partial charge in [-0.05, 0) is 24.6 Å². The van der Waals surface area contributed by atoms with Gasteiger partial charge in [0.1, 0.15) is 23.4 Å². The highest BCUT2D eigenvalue weighted by Gasteiger charge is 2.42. The first-order chi connectivity index (χ1) is 13.6. The second-order valence-corrected chi connectivity index (χ2v) is 6.75. The van der Waals surface area contributed by atoms with Crippen LogP contribution < -0.4 is 14.8 Å². The number of ether oxygens (including phenoxy) is 2. The van der Waals surface area contributed by atoms with Gasteiger partial charge in [-0.3, -0.25) is 4.79 Å². The summed E-state index contributed by atoms with van der Waals surface area (Å²) >= 11 is 0. The summed E-state index contributed by atoms with van der Waals surface area (Å²) in [6.45, 7) is 0. The molecule has 0 bridgehead atoms. The van der Waals surface area contributed by atoms with Crippen molar-refractivity contribution in [3.8, 4) is 22.9 Å². The van der Waals surface area contributed by atoms with Crippen molar-refractivity contribution < 1.29 is 19.1 Å². The lowest BCUT2D eigenvalue weighted by Gasteiger charge is -2.12. The predicted octanol–water partition coefficient (Wildman–Crippen LogP) is 2.43. The summed E-state index contributed by atoms with van der Waals surface area (Å²) in [7, 11) is 5.08. The summed E-state index contributed by atoms with van der Waals surface area (Å²) < 4.78 is 12.9. The number of anilines is 1. The Morgan fingerprint density at radius 2 is 2.11 bits per heavy atom. The van der Waals surface area contributed by atoms with Crippen LogP contribution in [-0.2, 0) is 16.6 Å². The first kappa shape index (κ1) is 18.0. The number of fused-ring (bicyclic) bond motifs is 1. The van der Waals surface area contributed by atoms with Crippen LogP contribution in [0.15, 0.2) is 30.6 Å². The first-order valence-electron chi connectivity index (χ1n) is 8.86. The minimum atomic E-state index is -0.245. The van der Waals surface area contributed by atoms with E-state index >= 15 is 0 Å². The van der Waals surface area contributed by atoms with Gasteiger partial charge in [-0.15, -0.1) is 0 Å². The van der Waals surface area contributed by atoms with Crippen molar-refractivity contribution in [2.45, 2.75) is 6.42 Å². The molecule has 8 heteroatoms. The molecule has 2 atom stereocenters. The van der Waals surface area contributed by atoms with Crippen LogP contribution in [0.1, 0.15) is 6.42 Å². The molecule has 0 aromatic carbocycles. The Bertz CT molecular complexity index is 1050.